The molecule has 2 heterocycles. The Hall–Kier alpha value is -3.78. The SMILES string of the molecule is COc1ccc(NC2=C(c3cccs3)C(=O)N(c3ccccc3OC(C)C)C2=O)c(OC)c1. The molecule has 8 heteroatoms. The lowest BCUT2D eigenvalue weighted by Crippen LogP contribution is -2.33. The molecule has 33 heavy (non-hydrogen) atoms. The zero-order valence-electron chi connectivity index (χ0n) is 18.7. The molecule has 0 spiro atoms. The maximum absolute atomic E-state index is 13.7. The Kier molecular flexibility index (Phi) is 6.37. The van der Waals surface area contributed by atoms with Crippen molar-refractivity contribution < 1.29 is 23.8 Å². The first kappa shape index (κ1) is 22.4. The van der Waals surface area contributed by atoms with Crippen LogP contribution in [-0.2, 0) is 9.59 Å². The van der Waals surface area contributed by atoms with Crippen LogP contribution >= 0.6 is 11.3 Å². The van der Waals surface area contributed by atoms with Gasteiger partial charge in [-0.25, -0.2) is 4.90 Å². The molecule has 0 atom stereocenters. The van der Waals surface area contributed by atoms with Crippen LogP contribution in [0, 0.1) is 0 Å². The molecule has 2 amide bonds. The van der Waals surface area contributed by atoms with E-state index in [1.54, 1.807) is 49.6 Å². The third kappa shape index (κ3) is 4.29. The van der Waals surface area contributed by atoms with Crippen LogP contribution in [0.15, 0.2) is 65.7 Å². The minimum Gasteiger partial charge on any atom is -0.497 e. The van der Waals surface area contributed by atoms with Crippen LogP contribution in [0.25, 0.3) is 5.57 Å². The lowest BCUT2D eigenvalue weighted by Gasteiger charge is -2.20. The van der Waals surface area contributed by atoms with Crippen LogP contribution in [-0.4, -0.2) is 32.1 Å². The number of rotatable bonds is 8. The van der Waals surface area contributed by atoms with Gasteiger partial charge < -0.3 is 19.5 Å². The molecule has 7 nitrogen and oxygen atoms in total. The van der Waals surface area contributed by atoms with Gasteiger partial charge in [0.25, 0.3) is 11.8 Å². The van der Waals surface area contributed by atoms with Crippen molar-refractivity contribution >= 4 is 40.1 Å². The van der Waals surface area contributed by atoms with Gasteiger partial charge in [0.2, 0.25) is 0 Å². The third-order valence-electron chi connectivity index (χ3n) is 4.99. The molecule has 170 valence electrons. The molecular weight excluding hydrogens is 440 g/mol. The molecule has 0 aliphatic carbocycles. The Labute approximate surface area is 196 Å². The summed E-state index contributed by atoms with van der Waals surface area (Å²) in [5.41, 5.74) is 1.41. The summed E-state index contributed by atoms with van der Waals surface area (Å²) in [6.07, 6.45) is -0.121. The van der Waals surface area contributed by atoms with E-state index in [-0.39, 0.29) is 11.8 Å². The molecule has 1 aromatic heterocycles. The van der Waals surface area contributed by atoms with E-state index in [2.05, 4.69) is 5.32 Å². The van der Waals surface area contributed by atoms with E-state index < -0.39 is 11.8 Å². The second kappa shape index (κ2) is 9.38. The van der Waals surface area contributed by atoms with E-state index in [1.807, 2.05) is 31.4 Å². The van der Waals surface area contributed by atoms with Crippen molar-refractivity contribution in [2.24, 2.45) is 0 Å². The first-order chi connectivity index (χ1) is 15.9. The second-order valence-corrected chi connectivity index (χ2v) is 8.45. The maximum Gasteiger partial charge on any atom is 0.282 e. The summed E-state index contributed by atoms with van der Waals surface area (Å²) in [6, 6.07) is 15.9. The number of amides is 2. The minimum atomic E-state index is -0.471. The molecule has 0 saturated heterocycles. The Morgan fingerprint density at radius 1 is 0.909 bits per heavy atom. The summed E-state index contributed by atoms with van der Waals surface area (Å²) >= 11 is 1.39. The van der Waals surface area contributed by atoms with E-state index in [0.29, 0.717) is 39.1 Å². The van der Waals surface area contributed by atoms with Crippen molar-refractivity contribution in [2.45, 2.75) is 20.0 Å². The van der Waals surface area contributed by atoms with Gasteiger partial charge in [0, 0.05) is 10.9 Å². The van der Waals surface area contributed by atoms with Crippen molar-refractivity contribution in [3.63, 3.8) is 0 Å². The molecule has 3 aromatic rings. The summed E-state index contributed by atoms with van der Waals surface area (Å²) in [6.45, 7) is 3.78. The van der Waals surface area contributed by atoms with Gasteiger partial charge in [0.1, 0.15) is 22.9 Å². The monoisotopic (exact) mass is 464 g/mol. The van der Waals surface area contributed by atoms with Crippen molar-refractivity contribution in [1.29, 1.82) is 0 Å². The highest BCUT2D eigenvalue weighted by Gasteiger charge is 2.42. The number of ether oxygens (including phenoxy) is 3. The number of thiophene rings is 1. The van der Waals surface area contributed by atoms with Gasteiger partial charge in [0.15, 0.2) is 0 Å². The molecule has 2 aromatic carbocycles. The van der Waals surface area contributed by atoms with Crippen molar-refractivity contribution in [2.75, 3.05) is 24.4 Å². The quantitative estimate of drug-likeness (QED) is 0.476. The highest BCUT2D eigenvalue weighted by Crippen LogP contribution is 2.40. The van der Waals surface area contributed by atoms with Gasteiger partial charge in [-0.05, 0) is 49.6 Å². The van der Waals surface area contributed by atoms with Crippen LogP contribution in [0.2, 0.25) is 0 Å². The van der Waals surface area contributed by atoms with Crippen molar-refractivity contribution in [1.82, 2.24) is 0 Å². The number of carbonyl (C=O) groups excluding carboxylic acids is 2. The standard InChI is InChI=1S/C25H24N2O5S/c1-15(2)32-19-9-6-5-8-18(19)27-24(28)22(21-10-7-13-33-21)23(25(27)29)26-17-12-11-16(30-3)14-20(17)31-4/h5-15,26H,1-4H3. The summed E-state index contributed by atoms with van der Waals surface area (Å²) in [5.74, 6) is 0.663. The number of hydrogen-bond donors (Lipinski definition) is 1. The van der Waals surface area contributed by atoms with Crippen molar-refractivity contribution in [3.05, 3.63) is 70.6 Å². The predicted octanol–water partition coefficient (Wildman–Crippen LogP) is 4.95. The fraction of sp³-hybridized carbons (Fsp3) is 0.200. The highest BCUT2D eigenvalue weighted by atomic mass is 32.1. The van der Waals surface area contributed by atoms with Crippen LogP contribution in [0.1, 0.15) is 18.7 Å². The zero-order chi connectivity index (χ0) is 23.5. The normalized spacial score (nSPS) is 13.7. The first-order valence-corrected chi connectivity index (χ1v) is 11.2. The molecule has 1 N–H and O–H groups in total. The van der Waals surface area contributed by atoms with Gasteiger partial charge in [-0.15, -0.1) is 11.3 Å². The fourth-order valence-electron chi connectivity index (χ4n) is 3.55. The number of nitrogens with one attached hydrogen (secondary N) is 1. The molecule has 1 aliphatic heterocycles. The van der Waals surface area contributed by atoms with E-state index in [4.69, 9.17) is 14.2 Å². The number of para-hydroxylation sites is 2. The second-order valence-electron chi connectivity index (χ2n) is 7.50. The predicted molar refractivity (Wildman–Crippen MR) is 129 cm³/mol. The molecule has 0 saturated carbocycles. The average molecular weight is 465 g/mol. The number of methoxy groups -OCH3 is 2. The Balaban J connectivity index is 1.80. The zero-order valence-corrected chi connectivity index (χ0v) is 19.6. The molecule has 4 rings (SSSR count). The van der Waals surface area contributed by atoms with E-state index in [9.17, 15) is 9.59 Å². The molecule has 0 fully saturated rings. The van der Waals surface area contributed by atoms with Crippen LogP contribution in [0.3, 0.4) is 0 Å². The van der Waals surface area contributed by atoms with Gasteiger partial charge in [-0.1, -0.05) is 18.2 Å². The molecule has 1 aliphatic rings. The van der Waals surface area contributed by atoms with Gasteiger partial charge >= 0.3 is 0 Å². The lowest BCUT2D eigenvalue weighted by atomic mass is 10.1. The smallest absolute Gasteiger partial charge is 0.282 e. The van der Waals surface area contributed by atoms with E-state index in [1.165, 1.54) is 18.4 Å². The molecule has 0 radical (unpaired) electrons. The van der Waals surface area contributed by atoms with Gasteiger partial charge in [-0.3, -0.25) is 9.59 Å². The van der Waals surface area contributed by atoms with Crippen LogP contribution in [0.5, 0.6) is 17.2 Å². The topological polar surface area (TPSA) is 77.1 Å². The summed E-state index contributed by atoms with van der Waals surface area (Å²) in [4.78, 5) is 29.1. The fourth-order valence-corrected chi connectivity index (χ4v) is 4.31. The molecule has 0 bridgehead atoms. The first-order valence-electron chi connectivity index (χ1n) is 10.4. The summed E-state index contributed by atoms with van der Waals surface area (Å²) < 4.78 is 16.6. The Bertz CT molecular complexity index is 1220. The maximum atomic E-state index is 13.7. The number of nitrogens with zero attached hydrogens (tertiary/aromatic N) is 1. The minimum absolute atomic E-state index is 0.121. The van der Waals surface area contributed by atoms with E-state index >= 15 is 0 Å². The van der Waals surface area contributed by atoms with Crippen LogP contribution in [0.4, 0.5) is 11.4 Å². The number of carbonyl (C=O) groups is 2. The summed E-state index contributed by atoms with van der Waals surface area (Å²) in [5, 5.41) is 5.01. The van der Waals surface area contributed by atoms with Crippen LogP contribution < -0.4 is 24.4 Å². The lowest BCUT2D eigenvalue weighted by molar-refractivity contribution is -0.120. The van der Waals surface area contributed by atoms with Gasteiger partial charge in [0.05, 0.1) is 37.3 Å². The largest absolute Gasteiger partial charge is 0.497 e. The highest BCUT2D eigenvalue weighted by molar-refractivity contribution is 7.11. The molecule has 0 unspecified atom stereocenters. The Morgan fingerprint density at radius 3 is 2.36 bits per heavy atom. The Morgan fingerprint density at radius 2 is 1.70 bits per heavy atom. The summed E-state index contributed by atoms with van der Waals surface area (Å²) in [7, 11) is 3.09. The van der Waals surface area contributed by atoms with E-state index in [0.717, 1.165) is 4.90 Å². The number of imide groups is 1. The van der Waals surface area contributed by atoms with Gasteiger partial charge in [-0.2, -0.15) is 0 Å². The third-order valence-corrected chi connectivity index (χ3v) is 5.88. The molecular formula is C25H24N2O5S. The number of hydrogen-bond acceptors (Lipinski definition) is 7. The average Bonchev–Trinajstić information content (AvgIpc) is 3.41. The van der Waals surface area contributed by atoms with Crippen molar-refractivity contribution in [3.8, 4) is 17.2 Å². The number of benzene rings is 2. The number of anilines is 2.